The van der Waals surface area contributed by atoms with Crippen LogP contribution in [0.25, 0.3) is 10.8 Å². The van der Waals surface area contributed by atoms with Gasteiger partial charge in [0.1, 0.15) is 35.5 Å². The van der Waals surface area contributed by atoms with Gasteiger partial charge < -0.3 is 28.1 Å². The number of rotatable bonds is 17. The van der Waals surface area contributed by atoms with E-state index in [-0.39, 0.29) is 6.61 Å². The molecule has 0 N–H and O–H groups in total. The molecule has 0 radical (unpaired) electrons. The molecule has 3 heterocycles. The topological polar surface area (TPSA) is 85.1 Å². The van der Waals surface area contributed by atoms with Gasteiger partial charge in [-0.15, -0.1) is 10.2 Å². The van der Waals surface area contributed by atoms with Gasteiger partial charge in [0.05, 0.1) is 39.3 Å². The lowest BCUT2D eigenvalue weighted by Crippen LogP contribution is -2.58. The van der Waals surface area contributed by atoms with Crippen LogP contribution in [-0.4, -0.2) is 41.2 Å². The van der Waals surface area contributed by atoms with Crippen molar-refractivity contribution in [3.63, 3.8) is 0 Å². The summed E-state index contributed by atoms with van der Waals surface area (Å²) in [6, 6.07) is 50.3. The zero-order chi connectivity index (χ0) is 38.7. The van der Waals surface area contributed by atoms with E-state index < -0.39 is 30.5 Å². The second kappa shape index (κ2) is 19.5. The van der Waals surface area contributed by atoms with Crippen LogP contribution in [0.4, 0.5) is 0 Å². The van der Waals surface area contributed by atoms with Gasteiger partial charge >= 0.3 is 0 Å². The molecule has 1 fully saturated rings. The number of benzene rings is 5. The lowest BCUT2D eigenvalue weighted by molar-refractivity contribution is -0.275. The minimum Gasteiger partial charge on any atom is -0.462 e. The van der Waals surface area contributed by atoms with Gasteiger partial charge in [-0.3, -0.25) is 0 Å². The van der Waals surface area contributed by atoms with Crippen LogP contribution in [0.1, 0.15) is 44.5 Å². The van der Waals surface area contributed by atoms with Gasteiger partial charge in [0, 0.05) is 11.4 Å². The first kappa shape index (κ1) is 38.9. The number of furan rings is 1. The normalized spacial score (nSPS) is 19.4. The minimum atomic E-state index is -0.582. The molecule has 8 nitrogen and oxygen atoms in total. The quantitative estimate of drug-likeness (QED) is 0.0900. The van der Waals surface area contributed by atoms with E-state index >= 15 is 0 Å². The highest BCUT2D eigenvalue weighted by atomic mass is 35.5. The predicted molar refractivity (Wildman–Crippen MR) is 221 cm³/mol. The lowest BCUT2D eigenvalue weighted by Gasteiger charge is -2.46. The number of hydrogen-bond acceptors (Lipinski definition) is 9. The molecule has 0 amide bonds. The average Bonchev–Trinajstić information content (AvgIpc) is 3.97. The van der Waals surface area contributed by atoms with Gasteiger partial charge in [-0.25, -0.2) is 0 Å². The fraction of sp³-hybridized carbons (Fsp3) is 0.234. The van der Waals surface area contributed by atoms with E-state index in [0.717, 1.165) is 38.4 Å². The van der Waals surface area contributed by atoms with Crippen LogP contribution in [0.2, 0.25) is 5.02 Å². The number of aromatic nitrogens is 2. The summed E-state index contributed by atoms with van der Waals surface area (Å²) < 4.78 is 39.9. The summed E-state index contributed by atoms with van der Waals surface area (Å²) in [7, 11) is 0. The fourth-order valence-corrected chi connectivity index (χ4v) is 7.97. The van der Waals surface area contributed by atoms with E-state index in [9.17, 15) is 0 Å². The average molecular weight is 799 g/mol. The molecular formula is C47H43ClN2O6S. The molecular weight excluding hydrogens is 756 g/mol. The number of halogens is 1. The monoisotopic (exact) mass is 798 g/mol. The second-order valence-corrected chi connectivity index (χ2v) is 15.4. The Kier molecular flexibility index (Phi) is 13.3. The Hall–Kier alpha value is -4.97. The summed E-state index contributed by atoms with van der Waals surface area (Å²) in [5, 5.41) is 11.0. The molecule has 1 aliphatic rings. The first-order chi connectivity index (χ1) is 28.2. The van der Waals surface area contributed by atoms with E-state index in [0.29, 0.717) is 48.6 Å². The Balaban J connectivity index is 1.15. The molecule has 5 unspecified atom stereocenters. The molecule has 10 heteroatoms. The van der Waals surface area contributed by atoms with Gasteiger partial charge in [0.2, 0.25) is 0 Å². The van der Waals surface area contributed by atoms with Crippen LogP contribution < -0.4 is 0 Å². The van der Waals surface area contributed by atoms with Crippen molar-refractivity contribution < 1.29 is 28.1 Å². The van der Waals surface area contributed by atoms with Gasteiger partial charge in [0.25, 0.3) is 0 Å². The van der Waals surface area contributed by atoms with Gasteiger partial charge in [-0.05, 0) is 51.6 Å². The van der Waals surface area contributed by atoms with Gasteiger partial charge in [-0.2, -0.15) is 0 Å². The van der Waals surface area contributed by atoms with E-state index in [2.05, 4.69) is 64.8 Å². The third-order valence-electron chi connectivity index (χ3n) is 9.82. The summed E-state index contributed by atoms with van der Waals surface area (Å²) >= 11 is 8.37. The Morgan fingerprint density at radius 1 is 0.579 bits per heavy atom. The van der Waals surface area contributed by atoms with Gasteiger partial charge in [0.15, 0.2) is 10.8 Å². The molecule has 0 saturated carbocycles. The van der Waals surface area contributed by atoms with Crippen LogP contribution in [0.5, 0.6) is 0 Å². The molecule has 0 spiro atoms. The number of hydrogen-bond donors (Lipinski definition) is 0. The lowest BCUT2D eigenvalue weighted by atomic mass is 9.89. The molecule has 1 saturated heterocycles. The summed E-state index contributed by atoms with van der Waals surface area (Å²) in [5.74, 6) is 0.679. The zero-order valence-electron chi connectivity index (χ0n) is 31.3. The summed E-state index contributed by atoms with van der Waals surface area (Å²) in [6.45, 7) is 1.75. The second-order valence-electron chi connectivity index (χ2n) is 13.9. The summed E-state index contributed by atoms with van der Waals surface area (Å²) in [6.07, 6.45) is -0.659. The van der Waals surface area contributed by atoms with E-state index in [1.54, 1.807) is 6.26 Å². The molecule has 7 aromatic rings. The Morgan fingerprint density at radius 3 is 1.72 bits per heavy atom. The molecule has 0 aliphatic carbocycles. The molecule has 2 aromatic heterocycles. The van der Waals surface area contributed by atoms with Crippen LogP contribution >= 0.6 is 22.9 Å². The first-order valence-electron chi connectivity index (χ1n) is 19.0. The maximum Gasteiger partial charge on any atom is 0.183 e. The zero-order valence-corrected chi connectivity index (χ0v) is 32.8. The highest BCUT2D eigenvalue weighted by Crippen LogP contribution is 2.40. The van der Waals surface area contributed by atoms with Gasteiger partial charge in [-0.1, -0.05) is 156 Å². The third-order valence-corrected chi connectivity index (χ3v) is 11.1. The third kappa shape index (κ3) is 10.3. The first-order valence-corrected chi connectivity index (χ1v) is 20.2. The molecule has 57 heavy (non-hydrogen) atoms. The van der Waals surface area contributed by atoms with Crippen molar-refractivity contribution in [3.05, 3.63) is 201 Å². The Bertz CT molecular complexity index is 2240. The van der Waals surface area contributed by atoms with E-state index in [4.69, 9.17) is 39.7 Å². The molecule has 0 bridgehead atoms. The van der Waals surface area contributed by atoms with Crippen molar-refractivity contribution in [1.82, 2.24) is 10.2 Å². The number of nitrogens with zero attached hydrogens (tertiary/aromatic N) is 2. The smallest absolute Gasteiger partial charge is 0.183 e. The minimum absolute atomic E-state index is 0.266. The Labute approximate surface area is 341 Å². The summed E-state index contributed by atoms with van der Waals surface area (Å²) in [4.78, 5) is 0. The largest absolute Gasteiger partial charge is 0.462 e. The van der Waals surface area contributed by atoms with Crippen LogP contribution in [-0.2, 0) is 56.5 Å². The highest BCUT2D eigenvalue weighted by molar-refractivity contribution is 7.14. The molecule has 8 rings (SSSR count). The van der Waals surface area contributed by atoms with Crippen molar-refractivity contribution in [3.8, 4) is 10.8 Å². The molecule has 290 valence electrons. The van der Waals surface area contributed by atoms with Crippen LogP contribution in [0, 0.1) is 0 Å². The van der Waals surface area contributed by atoms with Crippen LogP contribution in [0.15, 0.2) is 162 Å². The number of ether oxygens (including phenoxy) is 5. The van der Waals surface area contributed by atoms with Crippen molar-refractivity contribution >= 4 is 22.9 Å². The molecule has 5 atom stereocenters. The van der Waals surface area contributed by atoms with E-state index in [1.807, 2.05) is 97.1 Å². The van der Waals surface area contributed by atoms with Crippen LogP contribution in [0.3, 0.4) is 0 Å². The van der Waals surface area contributed by atoms with Crippen molar-refractivity contribution in [2.24, 2.45) is 0 Å². The highest BCUT2D eigenvalue weighted by Gasteiger charge is 2.49. The van der Waals surface area contributed by atoms with E-state index in [1.165, 1.54) is 11.3 Å². The van der Waals surface area contributed by atoms with Crippen molar-refractivity contribution in [1.29, 1.82) is 0 Å². The predicted octanol–water partition coefficient (Wildman–Crippen LogP) is 10.5. The van der Waals surface area contributed by atoms with Crippen molar-refractivity contribution in [2.45, 2.75) is 63.4 Å². The standard InChI is InChI=1S/C47H43ClN2O6S/c48-39-24-23-37(26-38(39)27-42-49-50-47(57-42)40-22-13-25-52-40)43-45(54-30-35-18-9-3-10-19-35)46(55-31-36-20-11-4-12-21-36)44(53-29-34-16-7-2-8-17-34)41(56-43)32-51-28-33-14-5-1-6-15-33/h1-26,41,43-46H,27-32H2. The fourth-order valence-electron chi connectivity index (χ4n) is 6.95. The van der Waals surface area contributed by atoms with Crippen molar-refractivity contribution in [2.75, 3.05) is 6.61 Å². The SMILES string of the molecule is Clc1ccc(C2OC(COCc3ccccc3)C(OCc3ccccc3)C(OCc3ccccc3)C2OCc2ccccc2)cc1Cc1nnc(-c2ccco2)s1. The summed E-state index contributed by atoms with van der Waals surface area (Å²) in [5.41, 5.74) is 5.98. The maximum absolute atomic E-state index is 7.16. The Morgan fingerprint density at radius 2 is 1.14 bits per heavy atom. The molecule has 5 aromatic carbocycles. The molecule has 1 aliphatic heterocycles. The maximum atomic E-state index is 7.16.